The smallest absolute Gasteiger partial charge is 0.132 e. The van der Waals surface area contributed by atoms with Crippen LogP contribution in [0.4, 0.5) is 4.39 Å². The summed E-state index contributed by atoms with van der Waals surface area (Å²) in [7, 11) is 0. The van der Waals surface area contributed by atoms with Gasteiger partial charge in [-0.15, -0.1) is 6.58 Å². The van der Waals surface area contributed by atoms with E-state index in [2.05, 4.69) is 11.7 Å². The van der Waals surface area contributed by atoms with Crippen LogP contribution < -0.4 is 0 Å². The fourth-order valence-electron chi connectivity index (χ4n) is 1.13. The molecule has 3 nitrogen and oxygen atoms in total. The Bertz CT molecular complexity index is 390. The quantitative estimate of drug-likeness (QED) is 0.361. The van der Waals surface area contributed by atoms with Crippen LogP contribution in [0.5, 0.6) is 0 Å². The van der Waals surface area contributed by atoms with Gasteiger partial charge in [-0.25, -0.2) is 4.39 Å². The zero-order valence-corrected chi connectivity index (χ0v) is 9.06. The molecule has 1 N–H and O–H groups in total. The van der Waals surface area contributed by atoms with E-state index in [1.807, 2.05) is 0 Å². The SMILES string of the molecule is C=CC(C)OC/C(=N/O)c1ccccc1F. The van der Waals surface area contributed by atoms with Crippen LogP contribution in [0.15, 0.2) is 42.1 Å². The molecule has 0 heterocycles. The summed E-state index contributed by atoms with van der Waals surface area (Å²) < 4.78 is 18.6. The number of nitrogens with zero attached hydrogens (tertiary/aromatic N) is 1. The predicted molar refractivity (Wildman–Crippen MR) is 60.3 cm³/mol. The number of ether oxygens (including phenoxy) is 1. The molecule has 1 aromatic rings. The molecule has 1 rings (SSSR count). The average molecular weight is 223 g/mol. The van der Waals surface area contributed by atoms with Gasteiger partial charge in [0.25, 0.3) is 0 Å². The highest BCUT2D eigenvalue weighted by molar-refractivity contribution is 6.01. The maximum atomic E-state index is 13.4. The van der Waals surface area contributed by atoms with Crippen LogP contribution in [-0.2, 0) is 4.74 Å². The van der Waals surface area contributed by atoms with Gasteiger partial charge < -0.3 is 9.94 Å². The molecule has 16 heavy (non-hydrogen) atoms. The van der Waals surface area contributed by atoms with E-state index in [1.165, 1.54) is 12.1 Å². The first kappa shape index (κ1) is 12.4. The van der Waals surface area contributed by atoms with Crippen LogP contribution in [0, 0.1) is 5.82 Å². The van der Waals surface area contributed by atoms with Crippen molar-refractivity contribution in [3.8, 4) is 0 Å². The van der Waals surface area contributed by atoms with E-state index in [9.17, 15) is 4.39 Å². The van der Waals surface area contributed by atoms with Gasteiger partial charge >= 0.3 is 0 Å². The third-order valence-electron chi connectivity index (χ3n) is 2.12. The van der Waals surface area contributed by atoms with Crippen LogP contribution in [0.1, 0.15) is 12.5 Å². The van der Waals surface area contributed by atoms with Gasteiger partial charge in [0.1, 0.15) is 11.5 Å². The van der Waals surface area contributed by atoms with Crippen LogP contribution in [0.2, 0.25) is 0 Å². The number of oxime groups is 1. The van der Waals surface area contributed by atoms with Gasteiger partial charge in [0.2, 0.25) is 0 Å². The molecule has 1 aromatic carbocycles. The third-order valence-corrected chi connectivity index (χ3v) is 2.12. The van der Waals surface area contributed by atoms with Crippen molar-refractivity contribution in [1.82, 2.24) is 0 Å². The van der Waals surface area contributed by atoms with E-state index in [4.69, 9.17) is 9.94 Å². The zero-order valence-electron chi connectivity index (χ0n) is 9.06. The molecular formula is C12H14FNO2. The lowest BCUT2D eigenvalue weighted by molar-refractivity contribution is 0.130. The van der Waals surface area contributed by atoms with Crippen LogP contribution in [0.25, 0.3) is 0 Å². The summed E-state index contributed by atoms with van der Waals surface area (Å²) in [4.78, 5) is 0. The molecule has 0 saturated carbocycles. The Kier molecular flexibility index (Phi) is 4.66. The minimum Gasteiger partial charge on any atom is -0.411 e. The second kappa shape index (κ2) is 6.02. The Morgan fingerprint density at radius 3 is 2.88 bits per heavy atom. The molecule has 0 aromatic heterocycles. The second-order valence-electron chi connectivity index (χ2n) is 3.28. The monoisotopic (exact) mass is 223 g/mol. The summed E-state index contributed by atoms with van der Waals surface area (Å²) in [5.74, 6) is -0.440. The van der Waals surface area contributed by atoms with Gasteiger partial charge in [-0.2, -0.15) is 0 Å². The highest BCUT2D eigenvalue weighted by atomic mass is 19.1. The topological polar surface area (TPSA) is 41.8 Å². The summed E-state index contributed by atoms with van der Waals surface area (Å²) in [6, 6.07) is 6.07. The molecule has 4 heteroatoms. The van der Waals surface area contributed by atoms with Gasteiger partial charge in [-0.05, 0) is 19.1 Å². The summed E-state index contributed by atoms with van der Waals surface area (Å²) in [6.07, 6.45) is 1.43. The van der Waals surface area contributed by atoms with Crippen LogP contribution in [-0.4, -0.2) is 23.6 Å². The summed E-state index contributed by atoms with van der Waals surface area (Å²) in [5, 5.41) is 11.8. The van der Waals surface area contributed by atoms with Gasteiger partial charge in [0.05, 0.1) is 12.7 Å². The van der Waals surface area contributed by atoms with Crippen molar-refractivity contribution in [2.24, 2.45) is 5.16 Å². The molecule has 0 aliphatic carbocycles. The van der Waals surface area contributed by atoms with E-state index in [1.54, 1.807) is 25.1 Å². The minimum absolute atomic E-state index is 0.0324. The maximum Gasteiger partial charge on any atom is 0.132 e. The summed E-state index contributed by atoms with van der Waals surface area (Å²) >= 11 is 0. The third kappa shape index (κ3) is 3.17. The van der Waals surface area contributed by atoms with Crippen molar-refractivity contribution in [2.75, 3.05) is 6.61 Å². The first-order chi connectivity index (χ1) is 7.69. The lowest BCUT2D eigenvalue weighted by atomic mass is 10.1. The summed E-state index contributed by atoms with van der Waals surface area (Å²) in [6.45, 7) is 5.38. The summed E-state index contributed by atoms with van der Waals surface area (Å²) in [5.41, 5.74) is 0.396. The number of rotatable bonds is 5. The van der Waals surface area contributed by atoms with Crippen LogP contribution >= 0.6 is 0 Å². The van der Waals surface area contributed by atoms with E-state index in [-0.39, 0.29) is 24.0 Å². The largest absolute Gasteiger partial charge is 0.411 e. The molecule has 0 radical (unpaired) electrons. The standard InChI is InChI=1S/C12H14FNO2/c1-3-9(2)16-8-12(14-15)10-6-4-5-7-11(10)13/h3-7,9,15H,1,8H2,2H3/b14-12-. The molecule has 0 saturated heterocycles. The highest BCUT2D eigenvalue weighted by Crippen LogP contribution is 2.09. The van der Waals surface area contributed by atoms with Crippen molar-refractivity contribution in [3.05, 3.63) is 48.3 Å². The van der Waals surface area contributed by atoms with Crippen molar-refractivity contribution in [2.45, 2.75) is 13.0 Å². The predicted octanol–water partition coefficient (Wildman–Crippen LogP) is 2.60. The van der Waals surface area contributed by atoms with Gasteiger partial charge in [0, 0.05) is 5.56 Å². The molecule has 0 bridgehead atoms. The highest BCUT2D eigenvalue weighted by Gasteiger charge is 2.10. The molecule has 0 fully saturated rings. The zero-order chi connectivity index (χ0) is 12.0. The number of hydrogen-bond acceptors (Lipinski definition) is 3. The molecule has 86 valence electrons. The Balaban J connectivity index is 2.77. The number of hydrogen-bond donors (Lipinski definition) is 1. The molecule has 0 spiro atoms. The van der Waals surface area contributed by atoms with E-state index in [0.29, 0.717) is 0 Å². The lowest BCUT2D eigenvalue weighted by Crippen LogP contribution is -2.16. The Morgan fingerprint density at radius 1 is 1.62 bits per heavy atom. The first-order valence-corrected chi connectivity index (χ1v) is 4.89. The van der Waals surface area contributed by atoms with Crippen molar-refractivity contribution < 1.29 is 14.3 Å². The minimum atomic E-state index is -0.440. The second-order valence-corrected chi connectivity index (χ2v) is 3.28. The van der Waals surface area contributed by atoms with Crippen molar-refractivity contribution >= 4 is 5.71 Å². The van der Waals surface area contributed by atoms with Gasteiger partial charge in [-0.3, -0.25) is 0 Å². The van der Waals surface area contributed by atoms with E-state index in [0.717, 1.165) is 0 Å². The van der Waals surface area contributed by atoms with Gasteiger partial charge in [-0.1, -0.05) is 23.4 Å². The average Bonchev–Trinajstić information content (AvgIpc) is 2.31. The molecule has 0 aliphatic heterocycles. The maximum absolute atomic E-state index is 13.4. The Labute approximate surface area is 93.9 Å². The van der Waals surface area contributed by atoms with Crippen molar-refractivity contribution in [1.29, 1.82) is 0 Å². The van der Waals surface area contributed by atoms with Crippen molar-refractivity contribution in [3.63, 3.8) is 0 Å². The van der Waals surface area contributed by atoms with E-state index >= 15 is 0 Å². The molecular weight excluding hydrogens is 209 g/mol. The fraction of sp³-hybridized carbons (Fsp3) is 0.250. The molecule has 0 amide bonds. The van der Waals surface area contributed by atoms with Gasteiger partial charge in [0.15, 0.2) is 0 Å². The first-order valence-electron chi connectivity index (χ1n) is 4.89. The van der Waals surface area contributed by atoms with Crippen LogP contribution in [0.3, 0.4) is 0 Å². The number of benzene rings is 1. The molecule has 1 unspecified atom stereocenters. The Hall–Kier alpha value is -1.68. The number of halogens is 1. The van der Waals surface area contributed by atoms with E-state index < -0.39 is 5.82 Å². The lowest BCUT2D eigenvalue weighted by Gasteiger charge is -2.10. The molecule has 1 atom stereocenters. The Morgan fingerprint density at radius 2 is 2.31 bits per heavy atom. The fourth-order valence-corrected chi connectivity index (χ4v) is 1.13. The normalized spacial score (nSPS) is 13.5. The molecule has 0 aliphatic rings.